The Morgan fingerprint density at radius 1 is 1.32 bits per heavy atom. The number of hydrogen-bond donors (Lipinski definition) is 1. The average Bonchev–Trinajstić information content (AvgIpc) is 2.40. The monoisotopic (exact) mass is 261 g/mol. The third kappa shape index (κ3) is 1.95. The summed E-state index contributed by atoms with van der Waals surface area (Å²) in [6, 6.07) is 9.95. The summed E-state index contributed by atoms with van der Waals surface area (Å²) in [6.07, 6.45) is 0. The normalized spacial score (nSPS) is 32.1. The average molecular weight is 261 g/mol. The molecule has 4 heteroatoms. The summed E-state index contributed by atoms with van der Waals surface area (Å²) < 4.78 is 11.2. The smallest absolute Gasteiger partial charge is 0.254 e. The van der Waals surface area contributed by atoms with E-state index in [4.69, 9.17) is 9.47 Å². The summed E-state index contributed by atoms with van der Waals surface area (Å²) in [5, 5.41) is 2.97. The van der Waals surface area contributed by atoms with Gasteiger partial charge in [-0.15, -0.1) is 0 Å². The summed E-state index contributed by atoms with van der Waals surface area (Å²) in [7, 11) is 0. The van der Waals surface area contributed by atoms with Crippen LogP contribution >= 0.6 is 0 Å². The Kier molecular flexibility index (Phi) is 2.87. The molecule has 0 radical (unpaired) electrons. The predicted octanol–water partition coefficient (Wildman–Crippen LogP) is 1.50. The number of ether oxygens (including phenoxy) is 2. The second kappa shape index (κ2) is 4.32. The zero-order valence-corrected chi connectivity index (χ0v) is 11.3. The molecule has 1 aromatic rings. The SMILES string of the molecule is CC1([C@@H]2NC(=O)[C@]2(C)OCc2ccccc2)COC1. The van der Waals surface area contributed by atoms with E-state index in [0.717, 1.165) is 5.56 Å². The number of carbonyl (C=O) groups excluding carboxylic acids is 1. The van der Waals surface area contributed by atoms with E-state index in [9.17, 15) is 4.79 Å². The van der Waals surface area contributed by atoms with E-state index in [1.54, 1.807) is 0 Å². The number of nitrogens with one attached hydrogen (secondary N) is 1. The van der Waals surface area contributed by atoms with Crippen molar-refractivity contribution in [3.8, 4) is 0 Å². The van der Waals surface area contributed by atoms with Crippen LogP contribution in [0.2, 0.25) is 0 Å². The molecule has 102 valence electrons. The maximum absolute atomic E-state index is 11.9. The zero-order chi connectivity index (χ0) is 13.5. The second-order valence-electron chi connectivity index (χ2n) is 5.93. The molecule has 1 N–H and O–H groups in total. The van der Waals surface area contributed by atoms with Crippen LogP contribution in [0.4, 0.5) is 0 Å². The summed E-state index contributed by atoms with van der Waals surface area (Å²) in [5.74, 6) is -0.0263. The first-order valence-corrected chi connectivity index (χ1v) is 6.61. The number of benzene rings is 1. The fourth-order valence-corrected chi connectivity index (χ4v) is 2.85. The van der Waals surface area contributed by atoms with Crippen molar-refractivity contribution in [2.75, 3.05) is 13.2 Å². The Labute approximate surface area is 113 Å². The first-order chi connectivity index (χ1) is 9.05. The van der Waals surface area contributed by atoms with E-state index >= 15 is 0 Å². The lowest BCUT2D eigenvalue weighted by Gasteiger charge is -2.56. The van der Waals surface area contributed by atoms with Crippen LogP contribution in [-0.2, 0) is 20.9 Å². The number of rotatable bonds is 4. The number of β-lactam (4-membered cyclic amide) rings is 1. The molecule has 3 rings (SSSR count). The number of hydrogen-bond acceptors (Lipinski definition) is 3. The van der Waals surface area contributed by atoms with Gasteiger partial charge >= 0.3 is 0 Å². The van der Waals surface area contributed by atoms with Gasteiger partial charge in [-0.1, -0.05) is 37.3 Å². The van der Waals surface area contributed by atoms with Crippen molar-refractivity contribution in [3.05, 3.63) is 35.9 Å². The number of amides is 1. The molecule has 2 fully saturated rings. The highest BCUT2D eigenvalue weighted by molar-refractivity contribution is 5.93. The summed E-state index contributed by atoms with van der Waals surface area (Å²) in [5.41, 5.74) is 0.338. The minimum Gasteiger partial charge on any atom is -0.380 e. The van der Waals surface area contributed by atoms with Crippen LogP contribution in [0.1, 0.15) is 19.4 Å². The molecule has 2 atom stereocenters. The van der Waals surface area contributed by atoms with E-state index in [1.165, 1.54) is 0 Å². The van der Waals surface area contributed by atoms with Gasteiger partial charge in [0.25, 0.3) is 5.91 Å². The lowest BCUT2D eigenvalue weighted by Crippen LogP contribution is -2.79. The minimum atomic E-state index is -0.742. The molecule has 2 saturated heterocycles. The molecular weight excluding hydrogens is 242 g/mol. The lowest BCUT2D eigenvalue weighted by atomic mass is 9.67. The van der Waals surface area contributed by atoms with Crippen molar-refractivity contribution in [1.29, 1.82) is 0 Å². The van der Waals surface area contributed by atoms with Gasteiger partial charge in [0.1, 0.15) is 0 Å². The van der Waals surface area contributed by atoms with Gasteiger partial charge in [0, 0.05) is 5.41 Å². The molecule has 4 nitrogen and oxygen atoms in total. The third-order valence-corrected chi connectivity index (χ3v) is 4.22. The molecule has 0 aromatic heterocycles. The molecule has 0 bridgehead atoms. The maximum atomic E-state index is 11.9. The molecule has 0 aliphatic carbocycles. The highest BCUT2D eigenvalue weighted by atomic mass is 16.5. The van der Waals surface area contributed by atoms with Crippen LogP contribution < -0.4 is 5.32 Å². The molecule has 0 unspecified atom stereocenters. The molecule has 0 spiro atoms. The van der Waals surface area contributed by atoms with Gasteiger partial charge in [-0.3, -0.25) is 4.79 Å². The molecule has 2 aliphatic heterocycles. The van der Waals surface area contributed by atoms with Crippen molar-refractivity contribution < 1.29 is 14.3 Å². The first-order valence-electron chi connectivity index (χ1n) is 6.61. The fraction of sp³-hybridized carbons (Fsp3) is 0.533. The van der Waals surface area contributed by atoms with Crippen molar-refractivity contribution in [1.82, 2.24) is 5.32 Å². The van der Waals surface area contributed by atoms with E-state index in [1.807, 2.05) is 37.3 Å². The molecule has 0 saturated carbocycles. The summed E-state index contributed by atoms with van der Waals surface area (Å²) in [6.45, 7) is 5.83. The Bertz CT molecular complexity index is 483. The van der Waals surface area contributed by atoms with Gasteiger partial charge in [-0.05, 0) is 12.5 Å². The van der Waals surface area contributed by atoms with Gasteiger partial charge in [-0.25, -0.2) is 0 Å². The largest absolute Gasteiger partial charge is 0.380 e. The van der Waals surface area contributed by atoms with E-state index in [0.29, 0.717) is 19.8 Å². The standard InChI is InChI=1S/C15H19NO3/c1-14(9-18-10-14)12-15(2,13(17)16-12)19-8-11-6-4-3-5-7-11/h3-7,12H,8-10H2,1-2H3,(H,16,17)/t12-,15+/m0/s1. The van der Waals surface area contributed by atoms with Gasteiger partial charge in [0.2, 0.25) is 0 Å². The topological polar surface area (TPSA) is 47.6 Å². The van der Waals surface area contributed by atoms with Crippen LogP contribution in [0.5, 0.6) is 0 Å². The summed E-state index contributed by atoms with van der Waals surface area (Å²) >= 11 is 0. The number of carbonyl (C=O) groups is 1. The van der Waals surface area contributed by atoms with Gasteiger partial charge in [-0.2, -0.15) is 0 Å². The van der Waals surface area contributed by atoms with Gasteiger partial charge < -0.3 is 14.8 Å². The second-order valence-corrected chi connectivity index (χ2v) is 5.93. The fourth-order valence-electron chi connectivity index (χ4n) is 2.85. The van der Waals surface area contributed by atoms with Crippen LogP contribution in [0.25, 0.3) is 0 Å². The Morgan fingerprint density at radius 2 is 2.00 bits per heavy atom. The molecule has 1 aromatic carbocycles. The van der Waals surface area contributed by atoms with Crippen LogP contribution in [0, 0.1) is 5.41 Å². The maximum Gasteiger partial charge on any atom is 0.254 e. The molecule has 2 heterocycles. The third-order valence-electron chi connectivity index (χ3n) is 4.22. The quantitative estimate of drug-likeness (QED) is 0.835. The zero-order valence-electron chi connectivity index (χ0n) is 11.3. The van der Waals surface area contributed by atoms with Crippen molar-refractivity contribution in [2.24, 2.45) is 5.41 Å². The van der Waals surface area contributed by atoms with Crippen LogP contribution in [0.15, 0.2) is 30.3 Å². The van der Waals surface area contributed by atoms with Crippen molar-refractivity contribution in [2.45, 2.75) is 32.1 Å². The van der Waals surface area contributed by atoms with Gasteiger partial charge in [0.05, 0.1) is 25.9 Å². The summed E-state index contributed by atoms with van der Waals surface area (Å²) in [4.78, 5) is 11.9. The Balaban J connectivity index is 1.69. The Morgan fingerprint density at radius 3 is 2.53 bits per heavy atom. The lowest BCUT2D eigenvalue weighted by molar-refractivity contribution is -0.213. The predicted molar refractivity (Wildman–Crippen MR) is 70.5 cm³/mol. The van der Waals surface area contributed by atoms with E-state index in [-0.39, 0.29) is 17.4 Å². The van der Waals surface area contributed by atoms with E-state index < -0.39 is 5.60 Å². The van der Waals surface area contributed by atoms with Gasteiger partial charge in [0.15, 0.2) is 5.60 Å². The van der Waals surface area contributed by atoms with Crippen LogP contribution in [-0.4, -0.2) is 30.8 Å². The van der Waals surface area contributed by atoms with Crippen molar-refractivity contribution >= 4 is 5.91 Å². The van der Waals surface area contributed by atoms with Crippen LogP contribution in [0.3, 0.4) is 0 Å². The highest BCUT2D eigenvalue weighted by Gasteiger charge is 2.62. The molecule has 2 aliphatic rings. The van der Waals surface area contributed by atoms with Crippen molar-refractivity contribution in [3.63, 3.8) is 0 Å². The molecule has 19 heavy (non-hydrogen) atoms. The molecule has 1 amide bonds. The van der Waals surface area contributed by atoms with E-state index in [2.05, 4.69) is 12.2 Å². The Hall–Kier alpha value is -1.39. The molecular formula is C15H19NO3. The minimum absolute atomic E-state index is 0.000647. The first kappa shape index (κ1) is 12.6. The highest BCUT2D eigenvalue weighted by Crippen LogP contribution is 2.42.